The van der Waals surface area contributed by atoms with E-state index in [9.17, 15) is 18.0 Å². The highest BCUT2D eigenvalue weighted by atomic mass is 79.9. The number of methoxy groups -OCH3 is 2. The number of aromatic nitrogens is 1. The van der Waals surface area contributed by atoms with Crippen molar-refractivity contribution in [2.45, 2.75) is 6.36 Å². The molecule has 168 valence electrons. The van der Waals surface area contributed by atoms with Gasteiger partial charge in [-0.05, 0) is 40.2 Å². The van der Waals surface area contributed by atoms with Gasteiger partial charge in [-0.1, -0.05) is 18.2 Å². The summed E-state index contributed by atoms with van der Waals surface area (Å²) in [7, 11) is 2.41. The molecule has 11 heteroatoms. The van der Waals surface area contributed by atoms with E-state index in [0.29, 0.717) is 4.60 Å². The summed E-state index contributed by atoms with van der Waals surface area (Å²) in [6.45, 7) is 0. The molecule has 0 spiro atoms. The number of rotatable bonds is 7. The van der Waals surface area contributed by atoms with Gasteiger partial charge in [0, 0.05) is 12.3 Å². The van der Waals surface area contributed by atoms with Crippen LogP contribution in [-0.2, 0) is 4.74 Å². The van der Waals surface area contributed by atoms with Crippen molar-refractivity contribution in [3.63, 3.8) is 0 Å². The van der Waals surface area contributed by atoms with Crippen molar-refractivity contribution in [2.75, 3.05) is 14.2 Å². The van der Waals surface area contributed by atoms with Crippen LogP contribution in [0.2, 0.25) is 0 Å². The molecule has 1 aromatic heterocycles. The van der Waals surface area contributed by atoms with Crippen LogP contribution in [0.5, 0.6) is 34.5 Å². The second-order valence-electron chi connectivity index (χ2n) is 5.98. The molecule has 0 aliphatic carbocycles. The van der Waals surface area contributed by atoms with E-state index < -0.39 is 18.1 Å². The number of esters is 1. The molecular formula is C21H15BrF3NO6. The zero-order chi connectivity index (χ0) is 23.3. The van der Waals surface area contributed by atoms with Crippen LogP contribution in [0.15, 0.2) is 59.3 Å². The smallest absolute Gasteiger partial charge is 0.490 e. The number of alkyl halides is 3. The highest BCUT2D eigenvalue weighted by Crippen LogP contribution is 2.49. The van der Waals surface area contributed by atoms with Crippen LogP contribution in [0.1, 0.15) is 10.4 Å². The highest BCUT2D eigenvalue weighted by Gasteiger charge is 2.34. The van der Waals surface area contributed by atoms with Crippen LogP contribution in [-0.4, -0.2) is 31.5 Å². The monoisotopic (exact) mass is 513 g/mol. The van der Waals surface area contributed by atoms with Crippen LogP contribution in [0, 0.1) is 0 Å². The first-order valence-electron chi connectivity index (χ1n) is 8.83. The van der Waals surface area contributed by atoms with E-state index in [-0.39, 0.29) is 34.3 Å². The van der Waals surface area contributed by atoms with Crippen LogP contribution in [0.25, 0.3) is 0 Å². The molecular weight excluding hydrogens is 499 g/mol. The van der Waals surface area contributed by atoms with Gasteiger partial charge in [0.15, 0.2) is 11.5 Å². The van der Waals surface area contributed by atoms with Gasteiger partial charge in [0.1, 0.15) is 21.7 Å². The van der Waals surface area contributed by atoms with Crippen molar-refractivity contribution in [3.8, 4) is 34.5 Å². The van der Waals surface area contributed by atoms with Crippen molar-refractivity contribution < 1.29 is 41.7 Å². The van der Waals surface area contributed by atoms with Crippen LogP contribution < -0.4 is 18.9 Å². The van der Waals surface area contributed by atoms with E-state index >= 15 is 0 Å². The molecule has 1 heterocycles. The normalized spacial score (nSPS) is 10.9. The first kappa shape index (κ1) is 23.2. The minimum Gasteiger partial charge on any atom is -0.490 e. The lowest BCUT2D eigenvalue weighted by Gasteiger charge is -2.19. The number of hydrogen-bond donors (Lipinski definition) is 0. The summed E-state index contributed by atoms with van der Waals surface area (Å²) < 4.78 is 64.7. The standard InChI is InChI=1S/C21H15BrF3NO6/c1-28-18-14(31-16-10-17(22)26-11-13(16)20(27)29-2)8-9-15(32-21(23,24)25)19(18)30-12-6-4-3-5-7-12/h3-11H,1-2H3. The quantitative estimate of drug-likeness (QED) is 0.278. The van der Waals surface area contributed by atoms with Gasteiger partial charge in [0.25, 0.3) is 0 Å². The zero-order valence-corrected chi connectivity index (χ0v) is 18.2. The van der Waals surface area contributed by atoms with E-state index in [1.54, 1.807) is 30.3 Å². The highest BCUT2D eigenvalue weighted by molar-refractivity contribution is 9.10. The van der Waals surface area contributed by atoms with E-state index in [4.69, 9.17) is 18.9 Å². The number of para-hydroxylation sites is 1. The first-order valence-corrected chi connectivity index (χ1v) is 9.62. The van der Waals surface area contributed by atoms with Gasteiger partial charge in [0.05, 0.1) is 14.2 Å². The maximum atomic E-state index is 13.0. The number of pyridine rings is 1. The van der Waals surface area contributed by atoms with Crippen LogP contribution >= 0.6 is 15.9 Å². The Morgan fingerprint density at radius 1 is 0.938 bits per heavy atom. The predicted molar refractivity (Wildman–Crippen MR) is 110 cm³/mol. The molecule has 0 aliphatic heterocycles. The SMILES string of the molecule is COC(=O)c1cnc(Br)cc1Oc1ccc(OC(F)(F)F)c(Oc2ccccc2)c1OC. The largest absolute Gasteiger partial charge is 0.573 e. The molecule has 0 N–H and O–H groups in total. The summed E-state index contributed by atoms with van der Waals surface area (Å²) in [4.78, 5) is 16.0. The lowest BCUT2D eigenvalue weighted by atomic mass is 10.2. The second-order valence-corrected chi connectivity index (χ2v) is 6.80. The van der Waals surface area contributed by atoms with Crippen LogP contribution in [0.3, 0.4) is 0 Å². The number of hydrogen-bond acceptors (Lipinski definition) is 7. The van der Waals surface area contributed by atoms with E-state index in [0.717, 1.165) is 6.07 Å². The number of benzene rings is 2. The van der Waals surface area contributed by atoms with Crippen molar-refractivity contribution in [1.29, 1.82) is 0 Å². The van der Waals surface area contributed by atoms with Crippen molar-refractivity contribution in [1.82, 2.24) is 4.98 Å². The van der Waals surface area contributed by atoms with Crippen molar-refractivity contribution in [2.24, 2.45) is 0 Å². The Bertz CT molecular complexity index is 1110. The molecule has 0 amide bonds. The van der Waals surface area contributed by atoms with E-state index in [1.165, 1.54) is 32.5 Å². The minimum absolute atomic E-state index is 0.0149. The Kier molecular flexibility index (Phi) is 7.08. The predicted octanol–water partition coefficient (Wildman–Crippen LogP) is 6.12. The van der Waals surface area contributed by atoms with Crippen LogP contribution in [0.4, 0.5) is 13.2 Å². The molecule has 0 saturated carbocycles. The minimum atomic E-state index is -4.98. The average molecular weight is 514 g/mol. The third-order valence-corrected chi connectivity index (χ3v) is 4.32. The van der Waals surface area contributed by atoms with Gasteiger partial charge in [-0.25, -0.2) is 9.78 Å². The third kappa shape index (κ3) is 5.61. The molecule has 0 aliphatic rings. The molecule has 0 saturated heterocycles. The maximum Gasteiger partial charge on any atom is 0.573 e. The Labute approximate surface area is 188 Å². The molecule has 3 rings (SSSR count). The molecule has 0 unspecified atom stereocenters. The molecule has 0 fully saturated rings. The van der Waals surface area contributed by atoms with Gasteiger partial charge in [-0.2, -0.15) is 0 Å². The Hall–Kier alpha value is -3.47. The lowest BCUT2D eigenvalue weighted by Crippen LogP contribution is -2.17. The van der Waals surface area contributed by atoms with Crippen molar-refractivity contribution in [3.05, 3.63) is 64.9 Å². The number of carbonyl (C=O) groups is 1. The van der Waals surface area contributed by atoms with E-state index in [2.05, 4.69) is 25.7 Å². The number of carbonyl (C=O) groups excluding carboxylic acids is 1. The maximum absolute atomic E-state index is 13.0. The molecule has 0 bridgehead atoms. The summed E-state index contributed by atoms with van der Waals surface area (Å²) >= 11 is 3.18. The fraction of sp³-hybridized carbons (Fsp3) is 0.143. The Morgan fingerprint density at radius 3 is 2.25 bits per heavy atom. The molecule has 7 nitrogen and oxygen atoms in total. The van der Waals surface area contributed by atoms with Gasteiger partial charge in [0.2, 0.25) is 11.5 Å². The number of nitrogens with zero attached hydrogens (tertiary/aromatic N) is 1. The summed E-state index contributed by atoms with van der Waals surface area (Å²) in [6, 6.07) is 11.7. The summed E-state index contributed by atoms with van der Waals surface area (Å²) in [5.74, 6) is -1.73. The summed E-state index contributed by atoms with van der Waals surface area (Å²) in [5.41, 5.74) is -0.0149. The fourth-order valence-corrected chi connectivity index (χ4v) is 2.90. The Balaban J connectivity index is 2.11. The molecule has 2 aromatic carbocycles. The summed E-state index contributed by atoms with van der Waals surface area (Å²) in [6.07, 6.45) is -3.75. The fourth-order valence-electron chi connectivity index (χ4n) is 2.59. The van der Waals surface area contributed by atoms with Gasteiger partial charge in [-0.3, -0.25) is 0 Å². The van der Waals surface area contributed by atoms with Gasteiger partial charge in [-0.15, -0.1) is 13.2 Å². The van der Waals surface area contributed by atoms with E-state index in [1.807, 2.05) is 0 Å². The topological polar surface area (TPSA) is 76.1 Å². The molecule has 0 radical (unpaired) electrons. The Morgan fingerprint density at radius 2 is 1.62 bits per heavy atom. The molecule has 32 heavy (non-hydrogen) atoms. The van der Waals surface area contributed by atoms with Gasteiger partial charge >= 0.3 is 12.3 Å². The average Bonchev–Trinajstić information content (AvgIpc) is 2.75. The van der Waals surface area contributed by atoms with Crippen molar-refractivity contribution >= 4 is 21.9 Å². The van der Waals surface area contributed by atoms with Gasteiger partial charge < -0.3 is 23.7 Å². The summed E-state index contributed by atoms with van der Waals surface area (Å²) in [5, 5.41) is 0. The lowest BCUT2D eigenvalue weighted by molar-refractivity contribution is -0.275. The number of ether oxygens (including phenoxy) is 5. The first-order chi connectivity index (χ1) is 15.2. The zero-order valence-electron chi connectivity index (χ0n) is 16.6. The third-order valence-electron chi connectivity index (χ3n) is 3.89. The molecule has 0 atom stereocenters. The second kappa shape index (κ2) is 9.77. The number of halogens is 4. The molecule has 3 aromatic rings.